The normalized spacial score (nSPS) is 12.2. The van der Waals surface area contributed by atoms with Crippen molar-refractivity contribution in [3.05, 3.63) is 70.7 Å². The van der Waals surface area contributed by atoms with E-state index in [-0.39, 0.29) is 15.5 Å². The predicted molar refractivity (Wildman–Crippen MR) is 122 cm³/mol. The van der Waals surface area contributed by atoms with Gasteiger partial charge >= 0.3 is 0 Å². The molecular weight excluding hydrogens is 481 g/mol. The van der Waals surface area contributed by atoms with Crippen molar-refractivity contribution in [2.45, 2.75) is 9.79 Å². The van der Waals surface area contributed by atoms with Gasteiger partial charge in [-0.05, 0) is 48.5 Å². The summed E-state index contributed by atoms with van der Waals surface area (Å²) in [6, 6.07) is 15.2. The summed E-state index contributed by atoms with van der Waals surface area (Å²) in [6.07, 6.45) is 0.959. The first-order chi connectivity index (χ1) is 14.6. The zero-order chi connectivity index (χ0) is 22.4. The molecule has 11 heteroatoms. The smallest absolute Gasteiger partial charge is 0.263 e. The SMILES string of the molecule is CS(=O)(=O)c1ccccc1S(=O)(=O)Nc1ccc2[nH]nc(-c3ccc(Cl)cc3Cl)c2c1. The van der Waals surface area contributed by atoms with Crippen molar-refractivity contribution in [2.75, 3.05) is 11.0 Å². The third kappa shape index (κ3) is 4.27. The number of nitrogens with one attached hydrogen (secondary N) is 2. The number of anilines is 1. The standard InChI is InChI=1S/C20H15Cl2N3O4S2/c1-30(26,27)18-4-2-3-5-19(18)31(28,29)25-13-7-9-17-15(11-13)20(24-23-17)14-8-6-12(21)10-16(14)22/h2-11,25H,1H3,(H,23,24). The van der Waals surface area contributed by atoms with Gasteiger partial charge in [0.2, 0.25) is 0 Å². The molecule has 0 radical (unpaired) electrons. The molecule has 3 aromatic carbocycles. The van der Waals surface area contributed by atoms with Gasteiger partial charge < -0.3 is 0 Å². The van der Waals surface area contributed by atoms with Crippen LogP contribution in [0.15, 0.2) is 70.5 Å². The summed E-state index contributed by atoms with van der Waals surface area (Å²) < 4.78 is 52.4. The Hall–Kier alpha value is -2.59. The first-order valence-corrected chi connectivity index (χ1v) is 12.9. The third-order valence-electron chi connectivity index (χ3n) is 4.54. The number of nitrogens with zero attached hydrogens (tertiary/aromatic N) is 1. The van der Waals surface area contributed by atoms with Gasteiger partial charge in [-0.2, -0.15) is 5.10 Å². The lowest BCUT2D eigenvalue weighted by molar-refractivity contribution is 0.588. The second kappa shape index (κ2) is 7.83. The highest BCUT2D eigenvalue weighted by Gasteiger charge is 2.24. The zero-order valence-electron chi connectivity index (χ0n) is 15.9. The van der Waals surface area contributed by atoms with Crippen molar-refractivity contribution in [3.63, 3.8) is 0 Å². The summed E-state index contributed by atoms with van der Waals surface area (Å²) in [5.41, 5.74) is 2.05. The van der Waals surface area contributed by atoms with Crippen molar-refractivity contribution >= 4 is 59.7 Å². The van der Waals surface area contributed by atoms with E-state index in [2.05, 4.69) is 14.9 Å². The maximum Gasteiger partial charge on any atom is 0.263 e. The lowest BCUT2D eigenvalue weighted by Crippen LogP contribution is -2.16. The van der Waals surface area contributed by atoms with E-state index in [0.717, 1.165) is 6.26 Å². The Bertz CT molecular complexity index is 1530. The Labute approximate surface area is 189 Å². The summed E-state index contributed by atoms with van der Waals surface area (Å²) in [6.45, 7) is 0. The van der Waals surface area contributed by atoms with Crippen LogP contribution < -0.4 is 4.72 Å². The fourth-order valence-corrected chi connectivity index (χ4v) is 6.33. The summed E-state index contributed by atoms with van der Waals surface area (Å²) in [5, 5.41) is 8.67. The van der Waals surface area contributed by atoms with Crippen molar-refractivity contribution in [3.8, 4) is 11.3 Å². The number of sulfonamides is 1. The lowest BCUT2D eigenvalue weighted by Gasteiger charge is -2.11. The first-order valence-electron chi connectivity index (χ1n) is 8.82. The Morgan fingerprint density at radius 2 is 1.61 bits per heavy atom. The monoisotopic (exact) mass is 495 g/mol. The molecule has 4 aromatic rings. The maximum absolute atomic E-state index is 13.0. The second-order valence-corrected chi connectivity index (χ2v) is 11.3. The molecule has 0 aliphatic carbocycles. The number of halogens is 2. The van der Waals surface area contributed by atoms with Crippen LogP contribution in [0.3, 0.4) is 0 Å². The maximum atomic E-state index is 13.0. The highest BCUT2D eigenvalue weighted by atomic mass is 35.5. The number of hydrogen-bond donors (Lipinski definition) is 2. The van der Waals surface area contributed by atoms with E-state index in [9.17, 15) is 16.8 Å². The number of benzene rings is 3. The van der Waals surface area contributed by atoms with Crippen LogP contribution in [-0.2, 0) is 19.9 Å². The van der Waals surface area contributed by atoms with Crippen LogP contribution in [0, 0.1) is 0 Å². The predicted octanol–water partition coefficient (Wildman–Crippen LogP) is 4.74. The molecule has 0 aliphatic rings. The molecule has 1 aromatic heterocycles. The highest BCUT2D eigenvalue weighted by molar-refractivity contribution is 7.95. The molecule has 0 atom stereocenters. The van der Waals surface area contributed by atoms with Crippen LogP contribution in [0.2, 0.25) is 10.0 Å². The van der Waals surface area contributed by atoms with Crippen LogP contribution in [0.4, 0.5) is 5.69 Å². The minimum Gasteiger partial charge on any atom is -0.280 e. The molecule has 0 amide bonds. The van der Waals surface area contributed by atoms with E-state index in [1.165, 1.54) is 24.3 Å². The first kappa shape index (κ1) is 21.6. The number of sulfone groups is 1. The van der Waals surface area contributed by atoms with Crippen molar-refractivity contribution < 1.29 is 16.8 Å². The van der Waals surface area contributed by atoms with Gasteiger partial charge in [-0.25, -0.2) is 16.8 Å². The lowest BCUT2D eigenvalue weighted by atomic mass is 10.1. The summed E-state index contributed by atoms with van der Waals surface area (Å²) in [7, 11) is -7.92. The largest absolute Gasteiger partial charge is 0.280 e. The fraction of sp³-hybridized carbons (Fsp3) is 0.0500. The van der Waals surface area contributed by atoms with Gasteiger partial charge in [0.15, 0.2) is 9.84 Å². The van der Waals surface area contributed by atoms with Gasteiger partial charge in [-0.1, -0.05) is 35.3 Å². The molecule has 31 heavy (non-hydrogen) atoms. The van der Waals surface area contributed by atoms with E-state index in [0.29, 0.717) is 32.2 Å². The molecule has 0 saturated carbocycles. The topological polar surface area (TPSA) is 109 Å². The summed E-state index contributed by atoms with van der Waals surface area (Å²) in [5.74, 6) is 0. The molecule has 7 nitrogen and oxygen atoms in total. The third-order valence-corrected chi connectivity index (χ3v) is 7.81. The quantitative estimate of drug-likeness (QED) is 0.415. The number of hydrogen-bond acceptors (Lipinski definition) is 5. The molecule has 160 valence electrons. The number of H-pyrrole nitrogens is 1. The average Bonchev–Trinajstić information content (AvgIpc) is 3.10. The van der Waals surface area contributed by atoms with E-state index >= 15 is 0 Å². The van der Waals surface area contributed by atoms with E-state index < -0.39 is 19.9 Å². The van der Waals surface area contributed by atoms with E-state index in [1.807, 2.05) is 0 Å². The molecule has 0 spiro atoms. The van der Waals surface area contributed by atoms with Crippen molar-refractivity contribution in [1.29, 1.82) is 0 Å². The minimum absolute atomic E-state index is 0.239. The molecule has 2 N–H and O–H groups in total. The fourth-order valence-electron chi connectivity index (χ4n) is 3.15. The molecule has 0 unspecified atom stereocenters. The number of aromatic amines is 1. The van der Waals surface area contributed by atoms with Gasteiger partial charge in [-0.15, -0.1) is 0 Å². The van der Waals surface area contributed by atoms with Crippen LogP contribution in [-0.4, -0.2) is 33.3 Å². The van der Waals surface area contributed by atoms with Gasteiger partial charge in [0.05, 0.1) is 15.4 Å². The van der Waals surface area contributed by atoms with Gasteiger partial charge in [0, 0.05) is 27.9 Å². The minimum atomic E-state index is -4.17. The molecule has 1 heterocycles. The van der Waals surface area contributed by atoms with Crippen molar-refractivity contribution in [1.82, 2.24) is 10.2 Å². The Balaban J connectivity index is 1.78. The van der Waals surface area contributed by atoms with Crippen LogP contribution in [0.25, 0.3) is 22.2 Å². The number of fused-ring (bicyclic) bond motifs is 1. The molecular formula is C20H15Cl2N3O4S2. The van der Waals surface area contributed by atoms with Gasteiger partial charge in [0.25, 0.3) is 10.0 Å². The Kier molecular flexibility index (Phi) is 5.47. The molecule has 0 bridgehead atoms. The van der Waals surface area contributed by atoms with Crippen molar-refractivity contribution in [2.24, 2.45) is 0 Å². The van der Waals surface area contributed by atoms with Crippen LogP contribution in [0.1, 0.15) is 0 Å². The number of aromatic nitrogens is 2. The molecule has 4 rings (SSSR count). The molecule has 0 saturated heterocycles. The second-order valence-electron chi connectivity index (χ2n) is 6.78. The van der Waals surface area contributed by atoms with Crippen LogP contribution in [0.5, 0.6) is 0 Å². The molecule has 0 aliphatic heterocycles. The zero-order valence-corrected chi connectivity index (χ0v) is 19.1. The summed E-state index contributed by atoms with van der Waals surface area (Å²) in [4.78, 5) is -0.605. The Morgan fingerprint density at radius 3 is 2.29 bits per heavy atom. The highest BCUT2D eigenvalue weighted by Crippen LogP contribution is 2.35. The Morgan fingerprint density at radius 1 is 0.903 bits per heavy atom. The van der Waals surface area contributed by atoms with Gasteiger partial charge in [0.1, 0.15) is 10.6 Å². The average molecular weight is 496 g/mol. The molecule has 0 fully saturated rings. The van der Waals surface area contributed by atoms with E-state index in [1.54, 1.807) is 36.4 Å². The number of rotatable bonds is 5. The summed E-state index contributed by atoms with van der Waals surface area (Å²) >= 11 is 12.3. The van der Waals surface area contributed by atoms with Crippen LogP contribution >= 0.6 is 23.2 Å². The van der Waals surface area contributed by atoms with Gasteiger partial charge in [-0.3, -0.25) is 9.82 Å². The van der Waals surface area contributed by atoms with E-state index in [4.69, 9.17) is 23.2 Å².